The molecule has 0 atom stereocenters. The van der Waals surface area contributed by atoms with E-state index in [9.17, 15) is 9.18 Å². The first-order valence-electron chi connectivity index (χ1n) is 10.8. The van der Waals surface area contributed by atoms with Crippen LogP contribution in [0.2, 0.25) is 0 Å². The molecule has 0 fully saturated rings. The number of hydrogen-bond acceptors (Lipinski definition) is 5. The third-order valence-electron chi connectivity index (χ3n) is 5.14. The fourth-order valence-electron chi connectivity index (χ4n) is 3.30. The van der Waals surface area contributed by atoms with Crippen LogP contribution < -0.4 is 15.4 Å². The van der Waals surface area contributed by atoms with Gasteiger partial charge in [-0.2, -0.15) is 0 Å². The Kier molecular flexibility index (Phi) is 6.77. The fraction of sp³-hybridized carbons (Fsp3) is 0.154. The van der Waals surface area contributed by atoms with Crippen molar-refractivity contribution < 1.29 is 13.9 Å². The molecule has 172 valence electrons. The second-order valence-corrected chi connectivity index (χ2v) is 7.69. The number of urea groups is 1. The van der Waals surface area contributed by atoms with Crippen LogP contribution in [0.25, 0.3) is 11.3 Å². The van der Waals surface area contributed by atoms with Gasteiger partial charge < -0.3 is 15.4 Å². The maximum Gasteiger partial charge on any atom is 0.323 e. The molecule has 4 aromatic rings. The fourth-order valence-corrected chi connectivity index (χ4v) is 3.30. The van der Waals surface area contributed by atoms with Crippen molar-refractivity contribution in [1.82, 2.24) is 15.0 Å². The van der Waals surface area contributed by atoms with Gasteiger partial charge in [0.15, 0.2) is 0 Å². The van der Waals surface area contributed by atoms with Crippen molar-refractivity contribution in [3.05, 3.63) is 89.8 Å². The van der Waals surface area contributed by atoms with Crippen LogP contribution in [0.15, 0.2) is 67.0 Å². The number of carbonyl (C=O) groups is 1. The van der Waals surface area contributed by atoms with Crippen LogP contribution in [0.5, 0.6) is 11.6 Å². The molecule has 0 bridgehead atoms. The lowest BCUT2D eigenvalue weighted by atomic mass is 10.1. The number of nitrogens with one attached hydrogen (secondary N) is 2. The summed E-state index contributed by atoms with van der Waals surface area (Å²) < 4.78 is 19.8. The van der Waals surface area contributed by atoms with Crippen molar-refractivity contribution >= 4 is 17.4 Å². The molecule has 2 aromatic carbocycles. The van der Waals surface area contributed by atoms with Crippen LogP contribution in [0, 0.1) is 19.7 Å². The Morgan fingerprint density at radius 3 is 2.44 bits per heavy atom. The average Bonchev–Trinajstić information content (AvgIpc) is 2.83. The first kappa shape index (κ1) is 22.8. The van der Waals surface area contributed by atoms with E-state index in [1.54, 1.807) is 49.6 Å². The van der Waals surface area contributed by atoms with Gasteiger partial charge in [0.25, 0.3) is 0 Å². The first-order chi connectivity index (χ1) is 16.4. The molecule has 2 heterocycles. The van der Waals surface area contributed by atoms with E-state index in [1.807, 2.05) is 32.0 Å². The molecule has 8 heteroatoms. The summed E-state index contributed by atoms with van der Waals surface area (Å²) in [4.78, 5) is 25.5. The molecule has 0 radical (unpaired) electrons. The molecule has 7 nitrogen and oxygen atoms in total. The highest BCUT2D eigenvalue weighted by atomic mass is 19.1. The number of aryl methyl sites for hydroxylation is 3. The van der Waals surface area contributed by atoms with Crippen molar-refractivity contribution in [3.8, 4) is 22.9 Å². The lowest BCUT2D eigenvalue weighted by Crippen LogP contribution is -2.19. The number of hydrogen-bond donors (Lipinski definition) is 2. The van der Waals surface area contributed by atoms with Gasteiger partial charge in [0.1, 0.15) is 17.4 Å². The predicted octanol–water partition coefficient (Wildman–Crippen LogP) is 6.29. The maximum atomic E-state index is 13.7. The third-order valence-corrected chi connectivity index (χ3v) is 5.14. The molecular weight excluding hydrogens is 433 g/mol. The van der Waals surface area contributed by atoms with Crippen LogP contribution in [-0.2, 0) is 6.42 Å². The molecule has 2 amide bonds. The van der Waals surface area contributed by atoms with Gasteiger partial charge >= 0.3 is 6.03 Å². The molecule has 0 spiro atoms. The minimum atomic E-state index is -0.473. The number of halogens is 1. The number of amides is 2. The standard InChI is InChI=1S/C26H24FN5O2/c1-4-24-28-13-11-22(32-24)20-6-5-12-29-25(20)34-23-10-9-18(14-17(23)3)30-26(33)31-19-8-7-16(2)21(27)15-19/h5-15H,4H2,1-3H3,(H2,30,31,33). The highest BCUT2D eigenvalue weighted by Gasteiger charge is 2.13. The van der Waals surface area contributed by atoms with Crippen LogP contribution in [0.1, 0.15) is 23.9 Å². The number of aromatic nitrogens is 3. The number of ether oxygens (including phenoxy) is 1. The van der Waals surface area contributed by atoms with Crippen LogP contribution in [-0.4, -0.2) is 21.0 Å². The Morgan fingerprint density at radius 1 is 0.941 bits per heavy atom. The number of rotatable bonds is 6. The Hall–Kier alpha value is -4.33. The molecular formula is C26H24FN5O2. The Bertz CT molecular complexity index is 1340. The van der Waals surface area contributed by atoms with Crippen molar-refractivity contribution in [1.29, 1.82) is 0 Å². The van der Waals surface area contributed by atoms with Gasteiger partial charge in [-0.05, 0) is 73.5 Å². The minimum absolute atomic E-state index is 0.371. The Morgan fingerprint density at radius 2 is 1.71 bits per heavy atom. The van der Waals surface area contributed by atoms with Gasteiger partial charge in [0.2, 0.25) is 5.88 Å². The van der Waals surface area contributed by atoms with E-state index in [1.165, 1.54) is 6.07 Å². The van der Waals surface area contributed by atoms with Crippen molar-refractivity contribution in [2.75, 3.05) is 10.6 Å². The monoisotopic (exact) mass is 457 g/mol. The zero-order chi connectivity index (χ0) is 24.1. The van der Waals surface area contributed by atoms with Crippen molar-refractivity contribution in [2.45, 2.75) is 27.2 Å². The number of nitrogens with zero attached hydrogens (tertiary/aromatic N) is 3. The molecule has 0 saturated carbocycles. The van der Waals surface area contributed by atoms with E-state index >= 15 is 0 Å². The molecule has 0 aliphatic carbocycles. The summed E-state index contributed by atoms with van der Waals surface area (Å²) in [5, 5.41) is 5.37. The van der Waals surface area contributed by atoms with E-state index < -0.39 is 6.03 Å². The van der Waals surface area contributed by atoms with E-state index in [-0.39, 0.29) is 5.82 Å². The lowest BCUT2D eigenvalue weighted by Gasteiger charge is -2.13. The molecule has 0 aliphatic rings. The summed E-state index contributed by atoms with van der Waals surface area (Å²) in [5.41, 5.74) is 3.74. The predicted molar refractivity (Wildman–Crippen MR) is 130 cm³/mol. The smallest absolute Gasteiger partial charge is 0.323 e. The highest BCUT2D eigenvalue weighted by Crippen LogP contribution is 2.32. The van der Waals surface area contributed by atoms with Gasteiger partial charge in [0.05, 0.1) is 11.3 Å². The van der Waals surface area contributed by atoms with Crippen molar-refractivity contribution in [2.24, 2.45) is 0 Å². The third kappa shape index (κ3) is 5.35. The van der Waals surface area contributed by atoms with E-state index in [0.717, 1.165) is 29.1 Å². The molecule has 0 saturated heterocycles. The molecule has 2 N–H and O–H groups in total. The number of anilines is 2. The summed E-state index contributed by atoms with van der Waals surface area (Å²) >= 11 is 0. The molecule has 4 rings (SSSR count). The molecule has 0 unspecified atom stereocenters. The minimum Gasteiger partial charge on any atom is -0.438 e. The summed E-state index contributed by atoms with van der Waals surface area (Å²) in [7, 11) is 0. The maximum absolute atomic E-state index is 13.7. The van der Waals surface area contributed by atoms with E-state index in [2.05, 4.69) is 25.6 Å². The van der Waals surface area contributed by atoms with E-state index in [0.29, 0.717) is 28.6 Å². The Balaban J connectivity index is 1.49. The zero-order valence-corrected chi connectivity index (χ0v) is 19.1. The van der Waals surface area contributed by atoms with Gasteiger partial charge in [0, 0.05) is 30.2 Å². The number of carbonyl (C=O) groups excluding carboxylic acids is 1. The molecule has 34 heavy (non-hydrogen) atoms. The zero-order valence-electron chi connectivity index (χ0n) is 19.1. The topological polar surface area (TPSA) is 89.0 Å². The van der Waals surface area contributed by atoms with E-state index in [4.69, 9.17) is 4.74 Å². The summed E-state index contributed by atoms with van der Waals surface area (Å²) in [6.45, 7) is 5.53. The largest absolute Gasteiger partial charge is 0.438 e. The number of benzene rings is 2. The second kappa shape index (κ2) is 10.1. The summed E-state index contributed by atoms with van der Waals surface area (Å²) in [5.74, 6) is 1.38. The van der Waals surface area contributed by atoms with Crippen molar-refractivity contribution in [3.63, 3.8) is 0 Å². The summed E-state index contributed by atoms with van der Waals surface area (Å²) in [6, 6.07) is 14.9. The molecule has 0 aliphatic heterocycles. The molecule has 2 aromatic heterocycles. The first-order valence-corrected chi connectivity index (χ1v) is 10.8. The van der Waals surface area contributed by atoms with Gasteiger partial charge in [-0.25, -0.2) is 24.1 Å². The van der Waals surface area contributed by atoms with Crippen LogP contribution >= 0.6 is 0 Å². The summed E-state index contributed by atoms with van der Waals surface area (Å²) in [6.07, 6.45) is 4.11. The van der Waals surface area contributed by atoms with Gasteiger partial charge in [-0.3, -0.25) is 0 Å². The normalized spacial score (nSPS) is 10.6. The van der Waals surface area contributed by atoms with Gasteiger partial charge in [-0.15, -0.1) is 0 Å². The lowest BCUT2D eigenvalue weighted by molar-refractivity contribution is 0.262. The highest BCUT2D eigenvalue weighted by molar-refractivity contribution is 5.99. The van der Waals surface area contributed by atoms with Gasteiger partial charge in [-0.1, -0.05) is 13.0 Å². The average molecular weight is 458 g/mol. The second-order valence-electron chi connectivity index (χ2n) is 7.69. The Labute approximate surface area is 197 Å². The van der Waals surface area contributed by atoms with Crippen LogP contribution in [0.4, 0.5) is 20.6 Å². The number of pyridine rings is 1. The quantitative estimate of drug-likeness (QED) is 0.355. The SMILES string of the molecule is CCc1nccc(-c2cccnc2Oc2ccc(NC(=O)Nc3ccc(C)c(F)c3)cc2C)n1. The van der Waals surface area contributed by atoms with Crippen LogP contribution in [0.3, 0.4) is 0 Å².